The first-order valence-corrected chi connectivity index (χ1v) is 14.5. The molecule has 1 aliphatic carbocycles. The Hall–Kier alpha value is -2.08. The number of aromatic nitrogens is 4. The summed E-state index contributed by atoms with van der Waals surface area (Å²) in [6, 6.07) is 0. The molecule has 0 bridgehead atoms. The number of carbonyl (C=O) groups excluding carboxylic acids is 1. The van der Waals surface area contributed by atoms with E-state index in [0.717, 1.165) is 0 Å². The third-order valence-corrected chi connectivity index (χ3v) is 11.6. The van der Waals surface area contributed by atoms with E-state index in [1.807, 2.05) is 0 Å². The van der Waals surface area contributed by atoms with Crippen LogP contribution in [0.4, 0.5) is 5.95 Å². The fraction of sp³-hybridized carbons (Fsp3) is 0.727. The number of aromatic amines is 1. The quantitative estimate of drug-likeness (QED) is 0.545. The molecule has 182 valence electrons. The third kappa shape index (κ3) is 4.51. The van der Waals surface area contributed by atoms with Crippen LogP contribution in [-0.4, -0.2) is 56.7 Å². The molecule has 3 N–H and O–H groups in total. The van der Waals surface area contributed by atoms with Gasteiger partial charge in [0, 0.05) is 12.3 Å². The largest absolute Gasteiger partial charge is 0.411 e. The van der Waals surface area contributed by atoms with Gasteiger partial charge in [0.15, 0.2) is 19.5 Å². The van der Waals surface area contributed by atoms with Crippen molar-refractivity contribution in [1.82, 2.24) is 19.5 Å². The summed E-state index contributed by atoms with van der Waals surface area (Å²) in [7, 11) is -2.11. The fourth-order valence-electron chi connectivity index (χ4n) is 3.82. The van der Waals surface area contributed by atoms with Gasteiger partial charge in [0.25, 0.3) is 5.56 Å². The summed E-state index contributed by atoms with van der Waals surface area (Å²) < 4.78 is 14.7. The number of anilines is 1. The zero-order valence-electron chi connectivity index (χ0n) is 20.4. The molecule has 0 aromatic carbocycles. The lowest BCUT2D eigenvalue weighted by atomic mass is 10.1. The SMILES string of the molecule is CC(C)C(=O)Nc1nc2c(ncn2[C@H]2C[C@@H](O[Si](C)(C)C(C)(C)C)[C@@H](C3(O)CC3)O2)c(=O)[nH]1. The van der Waals surface area contributed by atoms with Crippen molar-refractivity contribution < 1.29 is 19.1 Å². The van der Waals surface area contributed by atoms with Gasteiger partial charge in [-0.1, -0.05) is 34.6 Å². The molecular formula is C22H35N5O5Si. The molecule has 11 heteroatoms. The number of imidazole rings is 1. The van der Waals surface area contributed by atoms with Gasteiger partial charge >= 0.3 is 0 Å². The number of hydrogen-bond donors (Lipinski definition) is 3. The van der Waals surface area contributed by atoms with Gasteiger partial charge < -0.3 is 14.3 Å². The van der Waals surface area contributed by atoms with E-state index in [1.54, 1.807) is 18.4 Å². The van der Waals surface area contributed by atoms with Crippen molar-refractivity contribution in [1.29, 1.82) is 0 Å². The Balaban J connectivity index is 1.66. The summed E-state index contributed by atoms with van der Waals surface area (Å²) in [5.41, 5.74) is -0.851. The Morgan fingerprint density at radius 2 is 2.06 bits per heavy atom. The summed E-state index contributed by atoms with van der Waals surface area (Å²) in [5.74, 6) is -0.445. The van der Waals surface area contributed by atoms with Gasteiger partial charge in [-0.05, 0) is 31.0 Å². The molecule has 1 amide bonds. The normalized spacial score (nSPS) is 25.1. The van der Waals surface area contributed by atoms with Crippen molar-refractivity contribution in [3.05, 3.63) is 16.7 Å². The third-order valence-electron chi connectivity index (χ3n) is 7.13. The van der Waals surface area contributed by atoms with Crippen molar-refractivity contribution >= 4 is 31.3 Å². The maximum atomic E-state index is 12.6. The number of aliphatic hydroxyl groups is 1. The highest BCUT2D eigenvalue weighted by Gasteiger charge is 2.58. The van der Waals surface area contributed by atoms with E-state index >= 15 is 0 Å². The van der Waals surface area contributed by atoms with Gasteiger partial charge in [-0.2, -0.15) is 4.98 Å². The van der Waals surface area contributed by atoms with E-state index in [0.29, 0.717) is 24.9 Å². The summed E-state index contributed by atoms with van der Waals surface area (Å²) >= 11 is 0. The van der Waals surface area contributed by atoms with E-state index in [4.69, 9.17) is 9.16 Å². The highest BCUT2D eigenvalue weighted by Crippen LogP contribution is 2.50. The lowest BCUT2D eigenvalue weighted by Crippen LogP contribution is -2.48. The monoisotopic (exact) mass is 477 g/mol. The van der Waals surface area contributed by atoms with Crippen LogP contribution >= 0.6 is 0 Å². The van der Waals surface area contributed by atoms with Crippen LogP contribution < -0.4 is 10.9 Å². The standard InChI is InChI=1S/C22H35N5O5Si/c1-12(2)18(28)25-20-24-17-15(19(29)26-20)23-11-27(17)14-10-13(16(31-14)22(30)8-9-22)32-33(6,7)21(3,4)5/h11-14,16,30H,8-10H2,1-7H3,(H2,24,25,26,28,29)/t13-,14-,16+/m1/s1. The van der Waals surface area contributed by atoms with Crippen LogP contribution in [0.15, 0.2) is 11.1 Å². The maximum Gasteiger partial charge on any atom is 0.280 e. The molecule has 1 aliphatic heterocycles. The predicted octanol–water partition coefficient (Wildman–Crippen LogP) is 2.92. The second-order valence-electron chi connectivity index (χ2n) is 11.1. The number of carbonyl (C=O) groups is 1. The summed E-state index contributed by atoms with van der Waals surface area (Å²) in [5, 5.41) is 13.6. The highest BCUT2D eigenvalue weighted by atomic mass is 28.4. The second-order valence-corrected chi connectivity index (χ2v) is 15.9. The molecule has 1 saturated heterocycles. The first kappa shape index (κ1) is 24.1. The van der Waals surface area contributed by atoms with Crippen molar-refractivity contribution in [2.45, 2.75) is 96.1 Å². The number of nitrogens with zero attached hydrogens (tertiary/aromatic N) is 3. The van der Waals surface area contributed by atoms with E-state index in [2.05, 4.69) is 54.1 Å². The van der Waals surface area contributed by atoms with Gasteiger partial charge in [0.05, 0.1) is 18.0 Å². The van der Waals surface area contributed by atoms with E-state index in [9.17, 15) is 14.7 Å². The first-order chi connectivity index (χ1) is 15.2. The number of amides is 1. The van der Waals surface area contributed by atoms with Crippen LogP contribution in [0.1, 0.15) is 60.1 Å². The Kier molecular flexibility index (Phi) is 5.83. The predicted molar refractivity (Wildman–Crippen MR) is 126 cm³/mol. The van der Waals surface area contributed by atoms with Crippen LogP contribution in [-0.2, 0) is 14.0 Å². The molecule has 1 saturated carbocycles. The number of ether oxygens (including phenoxy) is 1. The zero-order chi connectivity index (χ0) is 24.3. The number of hydrogen-bond acceptors (Lipinski definition) is 7. The molecule has 10 nitrogen and oxygen atoms in total. The molecular weight excluding hydrogens is 442 g/mol. The Bertz CT molecular complexity index is 1110. The van der Waals surface area contributed by atoms with E-state index in [-0.39, 0.29) is 34.4 Å². The molecule has 4 rings (SSSR count). The molecule has 3 atom stereocenters. The fourth-order valence-corrected chi connectivity index (χ4v) is 5.15. The minimum Gasteiger partial charge on any atom is -0.411 e. The van der Waals surface area contributed by atoms with Crippen LogP contribution in [0.3, 0.4) is 0 Å². The van der Waals surface area contributed by atoms with Crippen molar-refractivity contribution in [2.75, 3.05) is 5.32 Å². The van der Waals surface area contributed by atoms with Crippen molar-refractivity contribution in [3.8, 4) is 0 Å². The lowest BCUT2D eigenvalue weighted by molar-refractivity contribution is -0.118. The first-order valence-electron chi connectivity index (χ1n) is 11.6. The Morgan fingerprint density at radius 1 is 1.39 bits per heavy atom. The average Bonchev–Trinajstić information content (AvgIpc) is 3.10. The molecule has 2 aromatic rings. The summed E-state index contributed by atoms with van der Waals surface area (Å²) in [6.07, 6.45) is 2.15. The van der Waals surface area contributed by atoms with Gasteiger partial charge in [0.1, 0.15) is 12.3 Å². The molecule has 33 heavy (non-hydrogen) atoms. The Morgan fingerprint density at radius 3 is 2.64 bits per heavy atom. The topological polar surface area (TPSA) is 131 Å². The molecule has 3 heterocycles. The zero-order valence-corrected chi connectivity index (χ0v) is 21.4. The van der Waals surface area contributed by atoms with Crippen LogP contribution in [0.25, 0.3) is 11.2 Å². The van der Waals surface area contributed by atoms with Gasteiger partial charge in [-0.3, -0.25) is 24.5 Å². The molecule has 0 unspecified atom stereocenters. The number of fused-ring (bicyclic) bond motifs is 1. The second kappa shape index (κ2) is 8.00. The minimum absolute atomic E-state index is 0.0158. The molecule has 0 radical (unpaired) electrons. The molecule has 2 aromatic heterocycles. The maximum absolute atomic E-state index is 12.6. The molecule has 2 aliphatic rings. The lowest BCUT2D eigenvalue weighted by Gasteiger charge is -2.40. The van der Waals surface area contributed by atoms with E-state index in [1.165, 1.54) is 6.33 Å². The van der Waals surface area contributed by atoms with Gasteiger partial charge in [-0.15, -0.1) is 0 Å². The molecule has 2 fully saturated rings. The number of nitrogens with one attached hydrogen (secondary N) is 2. The van der Waals surface area contributed by atoms with E-state index < -0.39 is 31.8 Å². The van der Waals surface area contributed by atoms with Crippen LogP contribution in [0.5, 0.6) is 0 Å². The minimum atomic E-state index is -2.11. The summed E-state index contributed by atoms with van der Waals surface area (Å²) in [6.45, 7) is 14.4. The number of H-pyrrole nitrogens is 1. The molecule has 0 spiro atoms. The van der Waals surface area contributed by atoms with Gasteiger partial charge in [0.2, 0.25) is 11.9 Å². The smallest absolute Gasteiger partial charge is 0.280 e. The van der Waals surface area contributed by atoms with Crippen LogP contribution in [0.2, 0.25) is 18.1 Å². The number of rotatable bonds is 6. The van der Waals surface area contributed by atoms with Crippen LogP contribution in [0, 0.1) is 5.92 Å². The van der Waals surface area contributed by atoms with Crippen molar-refractivity contribution in [3.63, 3.8) is 0 Å². The van der Waals surface area contributed by atoms with Gasteiger partial charge in [-0.25, -0.2) is 4.98 Å². The highest BCUT2D eigenvalue weighted by molar-refractivity contribution is 6.74. The Labute approximate surface area is 194 Å². The summed E-state index contributed by atoms with van der Waals surface area (Å²) in [4.78, 5) is 35.9. The average molecular weight is 478 g/mol. The van der Waals surface area contributed by atoms with Crippen molar-refractivity contribution in [2.24, 2.45) is 5.92 Å².